The van der Waals surface area contributed by atoms with E-state index in [1.807, 2.05) is 0 Å². The summed E-state index contributed by atoms with van der Waals surface area (Å²) in [5, 5.41) is 10.5. The van der Waals surface area contributed by atoms with E-state index >= 15 is 0 Å². The van der Waals surface area contributed by atoms with Crippen LogP contribution in [-0.2, 0) is 0 Å². The van der Waals surface area contributed by atoms with Gasteiger partial charge in [-0.1, -0.05) is 20.8 Å². The molecule has 0 aromatic rings. The van der Waals surface area contributed by atoms with Crippen LogP contribution >= 0.6 is 0 Å². The minimum absolute atomic E-state index is 0.126. The van der Waals surface area contributed by atoms with Gasteiger partial charge < -0.3 is 5.11 Å². The third kappa shape index (κ3) is 1.13. The lowest BCUT2D eigenvalue weighted by atomic mass is 9.47. The molecule has 0 amide bonds. The largest absolute Gasteiger partial charge is 0.344 e. The molecule has 1 saturated carbocycles. The fraction of sp³-hybridized carbons (Fsp3) is 1.00. The van der Waals surface area contributed by atoms with Gasteiger partial charge in [-0.15, -0.1) is 0 Å². The molecule has 4 fully saturated rings. The number of aliphatic hydroxyl groups is 1. The number of quaternary nitrogens is 1. The van der Waals surface area contributed by atoms with Crippen molar-refractivity contribution in [2.75, 3.05) is 20.1 Å². The number of nitrogens with zero attached hydrogens (tertiary/aromatic N) is 1. The number of hydrogen-bond acceptors (Lipinski definition) is 1. The smallest absolute Gasteiger partial charge is 0.195 e. The predicted molar refractivity (Wildman–Crippen MR) is 60.1 cm³/mol. The molecule has 0 radical (unpaired) electrons. The van der Waals surface area contributed by atoms with Gasteiger partial charge in [-0.3, -0.25) is 4.48 Å². The first-order valence-corrected chi connectivity index (χ1v) is 6.21. The molecule has 3 heterocycles. The van der Waals surface area contributed by atoms with E-state index in [1.54, 1.807) is 0 Å². The van der Waals surface area contributed by atoms with E-state index in [9.17, 15) is 5.11 Å². The summed E-state index contributed by atoms with van der Waals surface area (Å²) >= 11 is 0. The van der Waals surface area contributed by atoms with Crippen molar-refractivity contribution >= 4 is 0 Å². The quantitative estimate of drug-likeness (QED) is 0.606. The zero-order valence-electron chi connectivity index (χ0n) is 10.5. The summed E-state index contributed by atoms with van der Waals surface area (Å²) in [5.74, 6) is 0. The highest BCUT2D eigenvalue weighted by Gasteiger charge is 2.68. The SMILES string of the molecule is CC12C[C@@]3(C)C[C@@](C)(C1)C[N+](C)(C3)C2O. The first-order valence-electron chi connectivity index (χ1n) is 6.21. The second kappa shape index (κ2) is 2.28. The fourth-order valence-corrected chi connectivity index (χ4v) is 6.30. The van der Waals surface area contributed by atoms with Crippen LogP contribution in [0.2, 0.25) is 0 Å². The van der Waals surface area contributed by atoms with Gasteiger partial charge in [0.05, 0.1) is 20.1 Å². The Morgan fingerprint density at radius 2 is 1.47 bits per heavy atom. The highest BCUT2D eigenvalue weighted by Crippen LogP contribution is 2.65. The van der Waals surface area contributed by atoms with Gasteiger partial charge in [-0.2, -0.15) is 0 Å². The van der Waals surface area contributed by atoms with Crippen LogP contribution < -0.4 is 0 Å². The van der Waals surface area contributed by atoms with Crippen LogP contribution in [0.5, 0.6) is 0 Å². The van der Waals surface area contributed by atoms with Crippen molar-refractivity contribution in [2.45, 2.75) is 46.3 Å². The van der Waals surface area contributed by atoms with Crippen LogP contribution in [0, 0.1) is 16.2 Å². The molecule has 3 saturated heterocycles. The normalized spacial score (nSPS) is 67.4. The minimum atomic E-state index is -0.126. The molecule has 4 rings (SSSR count). The summed E-state index contributed by atoms with van der Waals surface area (Å²) in [7, 11) is 2.26. The highest BCUT2D eigenvalue weighted by atomic mass is 16.3. The Hall–Kier alpha value is -0.0800. The van der Waals surface area contributed by atoms with E-state index in [0.717, 1.165) is 4.48 Å². The van der Waals surface area contributed by atoms with Crippen molar-refractivity contribution in [1.82, 2.24) is 0 Å². The zero-order valence-corrected chi connectivity index (χ0v) is 10.5. The van der Waals surface area contributed by atoms with Crippen LogP contribution in [-0.4, -0.2) is 36.0 Å². The number of rotatable bonds is 0. The van der Waals surface area contributed by atoms with Gasteiger partial charge in [-0.05, 0) is 19.3 Å². The fourth-order valence-electron chi connectivity index (χ4n) is 6.30. The molecule has 3 unspecified atom stereocenters. The van der Waals surface area contributed by atoms with Crippen molar-refractivity contribution in [3.63, 3.8) is 0 Å². The van der Waals surface area contributed by atoms with Crippen LogP contribution in [0.25, 0.3) is 0 Å². The minimum Gasteiger partial charge on any atom is -0.344 e. The van der Waals surface area contributed by atoms with Gasteiger partial charge in [-0.25, -0.2) is 0 Å². The molecular formula is C13H24NO+. The van der Waals surface area contributed by atoms with Crippen LogP contribution in [0.1, 0.15) is 40.0 Å². The third-order valence-electron chi connectivity index (χ3n) is 5.21. The number of aliphatic hydroxyl groups excluding tert-OH is 1. The van der Waals surface area contributed by atoms with E-state index in [0.29, 0.717) is 10.8 Å². The van der Waals surface area contributed by atoms with Gasteiger partial charge in [0.25, 0.3) is 0 Å². The molecule has 0 aromatic heterocycles. The topological polar surface area (TPSA) is 20.2 Å². The molecule has 0 aromatic carbocycles. The van der Waals surface area contributed by atoms with Gasteiger partial charge in [0, 0.05) is 16.2 Å². The Bertz CT molecular complexity index is 280. The summed E-state index contributed by atoms with van der Waals surface area (Å²) in [5.41, 5.74) is 1.13. The highest BCUT2D eigenvalue weighted by molar-refractivity contribution is 5.06. The van der Waals surface area contributed by atoms with E-state index in [4.69, 9.17) is 0 Å². The first kappa shape index (κ1) is 10.1. The molecule has 3 aliphatic heterocycles. The Morgan fingerprint density at radius 1 is 1.00 bits per heavy atom. The summed E-state index contributed by atoms with van der Waals surface area (Å²) in [6.07, 6.45) is 3.70. The van der Waals surface area contributed by atoms with Crippen LogP contribution in [0.3, 0.4) is 0 Å². The maximum absolute atomic E-state index is 10.5. The van der Waals surface area contributed by atoms with E-state index in [2.05, 4.69) is 27.8 Å². The molecule has 1 N–H and O–H groups in total. The van der Waals surface area contributed by atoms with Crippen molar-refractivity contribution in [3.05, 3.63) is 0 Å². The van der Waals surface area contributed by atoms with Gasteiger partial charge in [0.1, 0.15) is 0 Å². The molecule has 5 atom stereocenters. The Kier molecular flexibility index (Phi) is 1.54. The second-order valence-electron chi connectivity index (χ2n) is 7.97. The van der Waals surface area contributed by atoms with Gasteiger partial charge >= 0.3 is 0 Å². The summed E-state index contributed by atoms with van der Waals surface area (Å²) in [6.45, 7) is 9.54. The molecule has 1 aliphatic carbocycles. The van der Waals surface area contributed by atoms with E-state index in [-0.39, 0.29) is 11.6 Å². The number of hydrogen-bond donors (Lipinski definition) is 1. The third-order valence-corrected chi connectivity index (χ3v) is 5.21. The van der Waals surface area contributed by atoms with Crippen molar-refractivity contribution in [2.24, 2.45) is 16.2 Å². The molecule has 2 heteroatoms. The summed E-state index contributed by atoms with van der Waals surface area (Å²) in [6, 6.07) is 0. The standard InChI is InChI=1S/C13H24NO/c1-11-5-12(2)7-13(3,6-11)10(15)14(4,8-11)9-12/h10,15H,5-9H2,1-4H3/q+1/t10?,11-,12+,13?,14?. The van der Waals surface area contributed by atoms with Crippen molar-refractivity contribution < 1.29 is 9.59 Å². The second-order valence-corrected chi connectivity index (χ2v) is 7.97. The average molecular weight is 210 g/mol. The molecule has 4 aliphatic rings. The molecule has 15 heavy (non-hydrogen) atoms. The summed E-state index contributed by atoms with van der Waals surface area (Å²) in [4.78, 5) is 0. The molecule has 86 valence electrons. The first-order chi connectivity index (χ1) is 6.69. The Balaban J connectivity index is 2.12. The number of piperidine rings is 3. The Morgan fingerprint density at radius 3 is 1.87 bits per heavy atom. The monoisotopic (exact) mass is 210 g/mol. The maximum atomic E-state index is 10.5. The van der Waals surface area contributed by atoms with E-state index < -0.39 is 0 Å². The Labute approximate surface area is 92.9 Å². The van der Waals surface area contributed by atoms with Crippen LogP contribution in [0.4, 0.5) is 0 Å². The zero-order chi connectivity index (χ0) is 11.1. The van der Waals surface area contributed by atoms with Crippen molar-refractivity contribution in [1.29, 1.82) is 0 Å². The lowest BCUT2D eigenvalue weighted by Gasteiger charge is -2.69. The maximum Gasteiger partial charge on any atom is 0.195 e. The predicted octanol–water partition coefficient (Wildman–Crippen LogP) is 1.98. The molecule has 4 bridgehead atoms. The molecular weight excluding hydrogens is 186 g/mol. The molecule has 2 nitrogen and oxygen atoms in total. The lowest BCUT2D eigenvalue weighted by Crippen LogP contribution is -2.77. The van der Waals surface area contributed by atoms with Gasteiger partial charge in [0.2, 0.25) is 0 Å². The van der Waals surface area contributed by atoms with E-state index in [1.165, 1.54) is 32.4 Å². The van der Waals surface area contributed by atoms with Crippen LogP contribution in [0.15, 0.2) is 0 Å². The summed E-state index contributed by atoms with van der Waals surface area (Å²) < 4.78 is 0.906. The average Bonchev–Trinajstić information content (AvgIpc) is 1.93. The van der Waals surface area contributed by atoms with Crippen molar-refractivity contribution in [3.8, 4) is 0 Å². The lowest BCUT2D eigenvalue weighted by molar-refractivity contribution is -0.994. The van der Waals surface area contributed by atoms with Gasteiger partial charge in [0.15, 0.2) is 6.23 Å². The molecule has 0 spiro atoms.